The summed E-state index contributed by atoms with van der Waals surface area (Å²) in [5, 5.41) is 17.3. The van der Waals surface area contributed by atoms with E-state index in [0.29, 0.717) is 29.7 Å². The molecule has 6 nitrogen and oxygen atoms in total. The van der Waals surface area contributed by atoms with E-state index < -0.39 is 6.03 Å². The number of nitrogens with one attached hydrogen (secondary N) is 1. The van der Waals surface area contributed by atoms with Gasteiger partial charge in [0.25, 0.3) is 0 Å². The number of carbonyl (C=O) groups is 1. The SMILES string of the molecule is CC(C)CCC[C@@H](C)[C@H]1CC[C@H]2[C@@H]3[C@H](CNC(=O)N(CCCl)N=O)C=C4C[C@@H](O)CC[C@]4(C)[C@H]3CC[C@]12C. The Hall–Kier alpha value is -1.14. The summed E-state index contributed by atoms with van der Waals surface area (Å²) in [5.41, 5.74) is 1.87. The van der Waals surface area contributed by atoms with Crippen molar-refractivity contribution < 1.29 is 9.90 Å². The fourth-order valence-electron chi connectivity index (χ4n) is 9.58. The highest BCUT2D eigenvalue weighted by atomic mass is 35.5. The molecule has 7 heteroatoms. The molecule has 2 N–H and O–H groups in total. The zero-order valence-electron chi connectivity index (χ0n) is 24.4. The quantitative estimate of drug-likeness (QED) is 0.128. The summed E-state index contributed by atoms with van der Waals surface area (Å²) >= 11 is 5.77. The number of aliphatic hydroxyl groups is 1. The average molecular weight is 550 g/mol. The third-order valence-corrected chi connectivity index (χ3v) is 11.7. The molecule has 0 bridgehead atoms. The molecular formula is C31H52ClN3O3. The lowest BCUT2D eigenvalue weighted by atomic mass is 9.45. The summed E-state index contributed by atoms with van der Waals surface area (Å²) in [6.45, 7) is 12.8. The van der Waals surface area contributed by atoms with Gasteiger partial charge in [-0.25, -0.2) is 4.79 Å². The van der Waals surface area contributed by atoms with Crippen molar-refractivity contribution in [1.82, 2.24) is 10.3 Å². The molecule has 0 aromatic rings. The van der Waals surface area contributed by atoms with E-state index in [-0.39, 0.29) is 29.9 Å². The van der Waals surface area contributed by atoms with Gasteiger partial charge in [-0.05, 0) is 97.2 Å². The van der Waals surface area contributed by atoms with Gasteiger partial charge in [0.1, 0.15) is 0 Å². The molecule has 3 saturated carbocycles. The van der Waals surface area contributed by atoms with Crippen LogP contribution in [0.2, 0.25) is 0 Å². The minimum absolute atomic E-state index is 0.107. The molecule has 9 atom stereocenters. The normalized spacial score (nSPS) is 39.0. The van der Waals surface area contributed by atoms with E-state index in [2.05, 4.69) is 51.3 Å². The van der Waals surface area contributed by atoms with Crippen LogP contribution >= 0.6 is 11.6 Å². The van der Waals surface area contributed by atoms with E-state index in [1.54, 1.807) is 0 Å². The number of nitrogens with zero attached hydrogens (tertiary/aromatic N) is 2. The molecule has 0 unspecified atom stereocenters. The first-order valence-electron chi connectivity index (χ1n) is 15.4. The standard InChI is InChI=1S/C31H52ClN3O3/c1-20(2)7-6-8-21(3)25-9-10-26-28-22(19-33-29(37)35(34-38)16-15-32)17-23-18-24(36)11-13-30(23,4)27(28)12-14-31(25,26)5/h17,20-22,24-28,36H,6-16,18-19H2,1-5H3,(H,33,37)/t21-,22+,24+,25-,26+,27+,28+,30+,31-/m1/s1. The van der Waals surface area contributed by atoms with E-state index in [9.17, 15) is 14.8 Å². The molecule has 0 heterocycles. The van der Waals surface area contributed by atoms with E-state index >= 15 is 0 Å². The molecule has 0 saturated heterocycles. The Morgan fingerprint density at radius 1 is 1.16 bits per heavy atom. The van der Waals surface area contributed by atoms with Gasteiger partial charge in [-0.3, -0.25) is 0 Å². The van der Waals surface area contributed by atoms with E-state index in [1.165, 1.54) is 50.5 Å². The summed E-state index contributed by atoms with van der Waals surface area (Å²) in [5.74, 6) is 4.40. The van der Waals surface area contributed by atoms with Crippen LogP contribution in [0.4, 0.5) is 4.79 Å². The number of hydrogen-bond donors (Lipinski definition) is 2. The number of urea groups is 1. The lowest BCUT2D eigenvalue weighted by Crippen LogP contribution is -2.55. The van der Waals surface area contributed by atoms with E-state index in [1.807, 2.05) is 0 Å². The number of rotatable bonds is 10. The number of alkyl halides is 1. The number of fused-ring (bicyclic) bond motifs is 5. The van der Waals surface area contributed by atoms with Crippen molar-refractivity contribution >= 4 is 17.6 Å². The van der Waals surface area contributed by atoms with Crippen LogP contribution in [0.15, 0.2) is 16.9 Å². The van der Waals surface area contributed by atoms with Gasteiger partial charge in [-0.2, -0.15) is 5.01 Å². The van der Waals surface area contributed by atoms with Crippen LogP contribution in [0, 0.1) is 57.2 Å². The van der Waals surface area contributed by atoms with E-state index in [0.717, 1.165) is 42.0 Å². The van der Waals surface area contributed by atoms with Gasteiger partial charge in [-0.1, -0.05) is 65.5 Å². The number of nitroso groups, excluding NO2 is 1. The fraction of sp³-hybridized carbons (Fsp3) is 0.903. The Labute approximate surface area is 235 Å². The molecule has 2 amide bonds. The second-order valence-electron chi connectivity index (χ2n) is 14.1. The maximum atomic E-state index is 12.7. The van der Waals surface area contributed by atoms with Crippen LogP contribution in [0.3, 0.4) is 0 Å². The van der Waals surface area contributed by atoms with Crippen molar-refractivity contribution in [3.63, 3.8) is 0 Å². The summed E-state index contributed by atoms with van der Waals surface area (Å²) in [6, 6.07) is -0.464. The zero-order chi connectivity index (χ0) is 27.7. The largest absolute Gasteiger partial charge is 0.393 e. The van der Waals surface area contributed by atoms with Gasteiger partial charge in [0.05, 0.1) is 17.9 Å². The first-order chi connectivity index (χ1) is 18.0. The van der Waals surface area contributed by atoms with Crippen molar-refractivity contribution in [2.24, 2.45) is 57.5 Å². The summed E-state index contributed by atoms with van der Waals surface area (Å²) in [4.78, 5) is 23.9. The van der Waals surface area contributed by atoms with Crippen molar-refractivity contribution in [1.29, 1.82) is 0 Å². The second-order valence-corrected chi connectivity index (χ2v) is 14.4. The van der Waals surface area contributed by atoms with Crippen molar-refractivity contribution in [3.05, 3.63) is 16.6 Å². The van der Waals surface area contributed by atoms with Gasteiger partial charge in [-0.15, -0.1) is 16.5 Å². The second kappa shape index (κ2) is 12.2. The van der Waals surface area contributed by atoms with Gasteiger partial charge in [0, 0.05) is 12.4 Å². The topological polar surface area (TPSA) is 82.0 Å². The molecule has 0 aromatic carbocycles. The Morgan fingerprint density at radius 3 is 2.61 bits per heavy atom. The van der Waals surface area contributed by atoms with Gasteiger partial charge in [0.15, 0.2) is 0 Å². The monoisotopic (exact) mass is 549 g/mol. The summed E-state index contributed by atoms with van der Waals surface area (Å²) in [6.07, 6.45) is 13.9. The number of hydrogen-bond acceptors (Lipinski definition) is 4. The molecule has 3 fully saturated rings. The molecule has 38 heavy (non-hydrogen) atoms. The molecule has 4 aliphatic carbocycles. The minimum atomic E-state index is -0.464. The molecule has 0 aromatic heterocycles. The number of amides is 2. The number of carbonyl (C=O) groups excluding carboxylic acids is 1. The summed E-state index contributed by atoms with van der Waals surface area (Å²) in [7, 11) is 0. The average Bonchev–Trinajstić information content (AvgIpc) is 3.23. The Balaban J connectivity index is 1.58. The Bertz CT molecular complexity index is 880. The number of halogens is 1. The lowest BCUT2D eigenvalue weighted by molar-refractivity contribution is -0.0751. The first-order valence-corrected chi connectivity index (χ1v) is 15.9. The maximum Gasteiger partial charge on any atom is 0.340 e. The predicted octanol–water partition coefficient (Wildman–Crippen LogP) is 7.55. The van der Waals surface area contributed by atoms with Crippen molar-refractivity contribution in [2.45, 2.75) is 105 Å². The van der Waals surface area contributed by atoms with Crippen molar-refractivity contribution in [3.8, 4) is 0 Å². The first kappa shape index (κ1) is 29.8. The molecule has 4 aliphatic rings. The lowest BCUT2D eigenvalue weighted by Gasteiger charge is -2.60. The van der Waals surface area contributed by atoms with E-state index in [4.69, 9.17) is 11.6 Å². The van der Waals surface area contributed by atoms with Crippen LogP contribution in [0.25, 0.3) is 0 Å². The fourth-order valence-corrected chi connectivity index (χ4v) is 9.74. The molecule has 4 rings (SSSR count). The molecular weight excluding hydrogens is 498 g/mol. The third kappa shape index (κ3) is 5.68. The highest BCUT2D eigenvalue weighted by Crippen LogP contribution is 2.68. The van der Waals surface area contributed by atoms with Gasteiger partial charge < -0.3 is 10.4 Å². The zero-order valence-corrected chi connectivity index (χ0v) is 25.2. The highest BCUT2D eigenvalue weighted by molar-refractivity contribution is 6.18. The van der Waals surface area contributed by atoms with Crippen LogP contribution in [0.1, 0.15) is 98.8 Å². The highest BCUT2D eigenvalue weighted by Gasteiger charge is 2.61. The predicted molar refractivity (Wildman–Crippen MR) is 155 cm³/mol. The van der Waals surface area contributed by atoms with Crippen LogP contribution in [-0.4, -0.2) is 41.2 Å². The van der Waals surface area contributed by atoms with Crippen molar-refractivity contribution in [2.75, 3.05) is 19.0 Å². The van der Waals surface area contributed by atoms with Gasteiger partial charge >= 0.3 is 6.03 Å². The van der Waals surface area contributed by atoms with Crippen LogP contribution in [0.5, 0.6) is 0 Å². The van der Waals surface area contributed by atoms with Crippen LogP contribution < -0.4 is 5.32 Å². The third-order valence-electron chi connectivity index (χ3n) is 11.6. The molecule has 0 spiro atoms. The molecule has 0 aliphatic heterocycles. The molecule has 216 valence electrons. The van der Waals surface area contributed by atoms with Gasteiger partial charge in [0.2, 0.25) is 0 Å². The number of aliphatic hydroxyl groups excluding tert-OH is 1. The minimum Gasteiger partial charge on any atom is -0.393 e. The van der Waals surface area contributed by atoms with Crippen LogP contribution in [-0.2, 0) is 0 Å². The Kier molecular flexibility index (Phi) is 9.55. The smallest absolute Gasteiger partial charge is 0.340 e. The maximum absolute atomic E-state index is 12.7. The summed E-state index contributed by atoms with van der Waals surface area (Å²) < 4.78 is 0. The molecule has 0 radical (unpaired) electrons. The Morgan fingerprint density at radius 2 is 1.92 bits per heavy atom.